The second-order valence-corrected chi connectivity index (χ2v) is 6.11. The van der Waals surface area contributed by atoms with Gasteiger partial charge in [0.1, 0.15) is 5.75 Å². The number of carbonyl (C=O) groups is 1. The molecule has 0 aliphatic heterocycles. The monoisotopic (exact) mass is 373 g/mol. The van der Waals surface area contributed by atoms with Crippen LogP contribution in [0.2, 0.25) is 0 Å². The number of carbonyl (C=O) groups excluding carboxylic acids is 1. The van der Waals surface area contributed by atoms with E-state index in [-0.39, 0.29) is 5.75 Å². The van der Waals surface area contributed by atoms with E-state index >= 15 is 0 Å². The first-order valence-electron chi connectivity index (χ1n) is 7.25. The molecule has 1 N–H and O–H groups in total. The third-order valence-electron chi connectivity index (χ3n) is 3.27. The number of benzene rings is 2. The zero-order valence-electron chi connectivity index (χ0n) is 13.1. The van der Waals surface area contributed by atoms with Crippen LogP contribution in [-0.4, -0.2) is 18.3 Å². The smallest absolute Gasteiger partial charge is 0.387 e. The topological polar surface area (TPSA) is 38.3 Å². The maximum absolute atomic E-state index is 12.3. The fourth-order valence-corrected chi connectivity index (χ4v) is 2.61. The van der Waals surface area contributed by atoms with E-state index in [0.717, 1.165) is 0 Å². The van der Waals surface area contributed by atoms with Crippen molar-refractivity contribution < 1.29 is 27.1 Å². The molecular formula is C17H15F4NO2S. The van der Waals surface area contributed by atoms with Gasteiger partial charge in [-0.3, -0.25) is 4.79 Å². The number of alkyl halides is 4. The minimum absolute atomic E-state index is 0.00183. The molecule has 0 saturated heterocycles. The van der Waals surface area contributed by atoms with E-state index in [0.29, 0.717) is 27.8 Å². The van der Waals surface area contributed by atoms with Gasteiger partial charge in [0.25, 0.3) is 11.7 Å². The lowest BCUT2D eigenvalue weighted by Gasteiger charge is -2.15. The molecule has 2 aromatic carbocycles. The lowest BCUT2D eigenvalue weighted by molar-refractivity contribution is -0.0499. The van der Waals surface area contributed by atoms with Gasteiger partial charge in [-0.25, -0.2) is 0 Å². The maximum atomic E-state index is 12.3. The summed E-state index contributed by atoms with van der Waals surface area (Å²) in [5.41, 5.74) is 0.904. The summed E-state index contributed by atoms with van der Waals surface area (Å²) < 4.78 is 53.4. The first-order valence-corrected chi connectivity index (χ1v) is 8.13. The number of hydrogen-bond acceptors (Lipinski definition) is 3. The second-order valence-electron chi connectivity index (χ2n) is 5.05. The fraction of sp³-hybridized carbons (Fsp3) is 0.235. The Hall–Kier alpha value is -2.22. The van der Waals surface area contributed by atoms with Crippen LogP contribution in [0.5, 0.6) is 5.75 Å². The zero-order chi connectivity index (χ0) is 18.4. The number of ether oxygens (including phenoxy) is 1. The zero-order valence-corrected chi connectivity index (χ0v) is 13.9. The third-order valence-corrected chi connectivity index (χ3v) is 4.00. The molecule has 1 unspecified atom stereocenters. The quantitative estimate of drug-likeness (QED) is 0.542. The predicted octanol–water partition coefficient (Wildman–Crippen LogP) is 5.09. The third kappa shape index (κ3) is 5.97. The molecule has 2 aromatic rings. The van der Waals surface area contributed by atoms with Crippen LogP contribution in [0.25, 0.3) is 0 Å². The average Bonchev–Trinajstić information content (AvgIpc) is 2.54. The summed E-state index contributed by atoms with van der Waals surface area (Å²) >= 11 is 0.396. The summed E-state index contributed by atoms with van der Waals surface area (Å²) in [6.45, 7) is -1.23. The Kier molecular flexibility index (Phi) is 6.69. The highest BCUT2D eigenvalue weighted by molar-refractivity contribution is 7.99. The maximum Gasteiger partial charge on any atom is 0.387 e. The molecule has 0 aliphatic rings. The summed E-state index contributed by atoms with van der Waals surface area (Å²) in [5, 5.41) is 2.72. The second kappa shape index (κ2) is 8.75. The number of amides is 1. The SMILES string of the molecule is CC(NC(=O)c1ccc(SC(F)F)cc1)c1cccc(OC(F)F)c1. The van der Waals surface area contributed by atoms with Crippen LogP contribution >= 0.6 is 11.8 Å². The molecule has 0 fully saturated rings. The van der Waals surface area contributed by atoms with Crippen LogP contribution in [0.1, 0.15) is 28.9 Å². The molecule has 0 aromatic heterocycles. The van der Waals surface area contributed by atoms with Crippen molar-refractivity contribution in [1.82, 2.24) is 5.32 Å². The number of hydrogen-bond donors (Lipinski definition) is 1. The van der Waals surface area contributed by atoms with Crippen molar-refractivity contribution >= 4 is 17.7 Å². The van der Waals surface area contributed by atoms with Gasteiger partial charge in [0.2, 0.25) is 0 Å². The van der Waals surface area contributed by atoms with Crippen LogP contribution in [0, 0.1) is 0 Å². The number of rotatable bonds is 7. The summed E-state index contributed by atoms with van der Waals surface area (Å²) in [7, 11) is 0. The first kappa shape index (κ1) is 19.1. The highest BCUT2D eigenvalue weighted by Gasteiger charge is 2.14. The van der Waals surface area contributed by atoms with E-state index in [2.05, 4.69) is 10.1 Å². The van der Waals surface area contributed by atoms with Crippen molar-refractivity contribution in [3.63, 3.8) is 0 Å². The summed E-state index contributed by atoms with van der Waals surface area (Å²) in [6.07, 6.45) is 0. The molecule has 1 atom stereocenters. The molecule has 25 heavy (non-hydrogen) atoms. The Labute approximate surface area is 146 Å². The van der Waals surface area contributed by atoms with Gasteiger partial charge >= 0.3 is 6.61 Å². The van der Waals surface area contributed by atoms with E-state index < -0.39 is 24.3 Å². The summed E-state index contributed by atoms with van der Waals surface area (Å²) in [4.78, 5) is 12.6. The minimum atomic E-state index is -2.93. The van der Waals surface area contributed by atoms with Crippen LogP contribution in [-0.2, 0) is 0 Å². The fourth-order valence-electron chi connectivity index (χ4n) is 2.11. The van der Waals surface area contributed by atoms with Gasteiger partial charge in [0.05, 0.1) is 6.04 Å². The molecule has 2 rings (SSSR count). The van der Waals surface area contributed by atoms with Gasteiger partial charge in [-0.1, -0.05) is 23.9 Å². The Bertz CT molecular complexity index is 710. The Morgan fingerprint density at radius 3 is 2.36 bits per heavy atom. The lowest BCUT2D eigenvalue weighted by Crippen LogP contribution is -2.26. The Morgan fingerprint density at radius 2 is 1.76 bits per heavy atom. The van der Waals surface area contributed by atoms with Crippen molar-refractivity contribution in [3.8, 4) is 5.75 Å². The van der Waals surface area contributed by atoms with Crippen molar-refractivity contribution in [2.75, 3.05) is 0 Å². The van der Waals surface area contributed by atoms with E-state index in [9.17, 15) is 22.4 Å². The van der Waals surface area contributed by atoms with Crippen molar-refractivity contribution in [2.24, 2.45) is 0 Å². The normalized spacial score (nSPS) is 12.3. The van der Waals surface area contributed by atoms with E-state index in [1.54, 1.807) is 19.1 Å². The van der Waals surface area contributed by atoms with Crippen LogP contribution in [0.4, 0.5) is 17.6 Å². The van der Waals surface area contributed by atoms with Gasteiger partial charge < -0.3 is 10.1 Å². The van der Waals surface area contributed by atoms with Gasteiger partial charge in [-0.15, -0.1) is 0 Å². The molecule has 1 amide bonds. The van der Waals surface area contributed by atoms with Crippen molar-refractivity contribution in [1.29, 1.82) is 0 Å². The molecular weight excluding hydrogens is 358 g/mol. The molecule has 0 heterocycles. The highest BCUT2D eigenvalue weighted by atomic mass is 32.2. The Balaban J connectivity index is 2.02. The van der Waals surface area contributed by atoms with Crippen molar-refractivity contribution in [3.05, 3.63) is 59.7 Å². The molecule has 0 radical (unpaired) electrons. The molecule has 0 spiro atoms. The number of thioether (sulfide) groups is 1. The summed E-state index contributed by atoms with van der Waals surface area (Å²) in [6, 6.07) is 11.3. The van der Waals surface area contributed by atoms with Gasteiger partial charge in [-0.05, 0) is 48.9 Å². The van der Waals surface area contributed by atoms with Crippen LogP contribution in [0.3, 0.4) is 0 Å². The molecule has 0 aliphatic carbocycles. The van der Waals surface area contributed by atoms with E-state index in [1.165, 1.54) is 36.4 Å². The van der Waals surface area contributed by atoms with Crippen LogP contribution in [0.15, 0.2) is 53.4 Å². The largest absolute Gasteiger partial charge is 0.435 e. The minimum Gasteiger partial charge on any atom is -0.435 e. The number of nitrogens with one attached hydrogen (secondary N) is 1. The highest BCUT2D eigenvalue weighted by Crippen LogP contribution is 2.25. The lowest BCUT2D eigenvalue weighted by atomic mass is 10.1. The molecule has 0 saturated carbocycles. The standard InChI is InChI=1S/C17H15F4NO2S/c1-10(12-3-2-4-13(9-12)24-16(18)19)22-15(23)11-5-7-14(8-6-11)25-17(20)21/h2-10,16-17H,1H3,(H,22,23). The van der Waals surface area contributed by atoms with E-state index in [1.807, 2.05) is 0 Å². The predicted molar refractivity (Wildman–Crippen MR) is 87.3 cm³/mol. The average molecular weight is 373 g/mol. The molecule has 134 valence electrons. The molecule has 8 heteroatoms. The van der Waals surface area contributed by atoms with Crippen LogP contribution < -0.4 is 10.1 Å². The summed E-state index contributed by atoms with van der Waals surface area (Å²) in [5.74, 6) is -2.93. The van der Waals surface area contributed by atoms with Crippen molar-refractivity contribution in [2.45, 2.75) is 30.2 Å². The van der Waals surface area contributed by atoms with Gasteiger partial charge in [-0.2, -0.15) is 17.6 Å². The molecule has 0 bridgehead atoms. The Morgan fingerprint density at radius 1 is 1.08 bits per heavy atom. The number of halogens is 4. The van der Waals surface area contributed by atoms with E-state index in [4.69, 9.17) is 0 Å². The molecule has 3 nitrogen and oxygen atoms in total. The first-order chi connectivity index (χ1) is 11.8. The van der Waals surface area contributed by atoms with Gasteiger partial charge in [0, 0.05) is 10.5 Å². The van der Waals surface area contributed by atoms with Gasteiger partial charge in [0.15, 0.2) is 0 Å².